The second kappa shape index (κ2) is 14.8. The first kappa shape index (κ1) is 34.3. The number of unbranched alkanes of at least 4 members (excludes halogenated alkanes) is 2. The SMILES string of the molecule is CCCCCN1C/C=C\CCC(=O)OC[C@@H](c2ccccc2)NC(=O)[C@@H]2[C@H]3O[C@@]4(C=C3Br)[C@H](C1=O)N([C@@H](CO)[C@@H](C)CC)C(=O)[C@@H]24. The number of carbonyl (C=O) groups excluding carboxylic acids is 4. The summed E-state index contributed by atoms with van der Waals surface area (Å²) in [6.07, 6.45) is 8.75. The number of carbonyl (C=O) groups is 4. The van der Waals surface area contributed by atoms with Crippen molar-refractivity contribution in [3.63, 3.8) is 0 Å². The van der Waals surface area contributed by atoms with E-state index in [9.17, 15) is 24.3 Å². The zero-order valence-corrected chi connectivity index (χ0v) is 28.5. The number of amides is 3. The molecular weight excluding hydrogens is 654 g/mol. The van der Waals surface area contributed by atoms with Crippen LogP contribution in [0.2, 0.25) is 0 Å². The Kier molecular flexibility index (Phi) is 11.1. The fraction of sp³-hybridized carbons (Fsp3) is 0.600. The zero-order valence-electron chi connectivity index (χ0n) is 26.9. The fourth-order valence-electron chi connectivity index (χ4n) is 7.37. The summed E-state index contributed by atoms with van der Waals surface area (Å²) in [7, 11) is 0. The van der Waals surface area contributed by atoms with E-state index in [2.05, 4.69) is 28.2 Å². The van der Waals surface area contributed by atoms with Crippen LogP contribution < -0.4 is 5.32 Å². The Morgan fingerprint density at radius 3 is 2.54 bits per heavy atom. The Labute approximate surface area is 279 Å². The van der Waals surface area contributed by atoms with E-state index in [1.54, 1.807) is 4.90 Å². The summed E-state index contributed by atoms with van der Waals surface area (Å²) >= 11 is 3.62. The maximum Gasteiger partial charge on any atom is 0.306 e. The van der Waals surface area contributed by atoms with Gasteiger partial charge in [0.25, 0.3) is 0 Å². The van der Waals surface area contributed by atoms with Crippen LogP contribution in [0.25, 0.3) is 0 Å². The standard InChI is InChI=1S/C35H46BrN3O7/c1-4-6-12-17-38-18-13-8-11-16-27(41)45-21-25(23-14-9-7-10-15-23)37-32(42)28-29-33(43)39(26(20-40)22(3)5-2)31(34(38)44)35(29)19-24(36)30(28)46-35/h7-10,13-15,19,22,25-26,28-31,40H,4-6,11-12,16-18,20-21H2,1-3H3,(H,37,42)/b13-8-/t22-,25-,26-,28-,29+,30-,31-,35+/m0/s1. The monoisotopic (exact) mass is 699 g/mol. The lowest BCUT2D eigenvalue weighted by atomic mass is 9.74. The second-order valence-electron chi connectivity index (χ2n) is 12.9. The molecule has 1 aromatic carbocycles. The number of nitrogens with zero attached hydrogens (tertiary/aromatic N) is 2. The summed E-state index contributed by atoms with van der Waals surface area (Å²) in [5.74, 6) is -3.50. The highest BCUT2D eigenvalue weighted by Crippen LogP contribution is 2.59. The highest BCUT2D eigenvalue weighted by molar-refractivity contribution is 9.11. The van der Waals surface area contributed by atoms with Gasteiger partial charge in [-0.15, -0.1) is 0 Å². The molecule has 11 heteroatoms. The average Bonchev–Trinajstić information content (AvgIpc) is 3.65. The van der Waals surface area contributed by atoms with Crippen molar-refractivity contribution in [1.82, 2.24) is 15.1 Å². The number of hydrogen-bond acceptors (Lipinski definition) is 7. The number of rotatable bonds is 9. The summed E-state index contributed by atoms with van der Waals surface area (Å²) in [4.78, 5) is 59.7. The van der Waals surface area contributed by atoms with Crippen molar-refractivity contribution in [2.75, 3.05) is 26.3 Å². The third kappa shape index (κ3) is 6.42. The zero-order chi connectivity index (χ0) is 33.0. The fourth-order valence-corrected chi connectivity index (χ4v) is 8.10. The van der Waals surface area contributed by atoms with Gasteiger partial charge in [0.2, 0.25) is 17.7 Å². The molecule has 0 aliphatic carbocycles. The molecule has 2 N–H and O–H groups in total. The topological polar surface area (TPSA) is 125 Å². The van der Waals surface area contributed by atoms with Gasteiger partial charge in [0.05, 0.1) is 30.5 Å². The molecule has 46 heavy (non-hydrogen) atoms. The molecule has 5 bridgehead atoms. The van der Waals surface area contributed by atoms with E-state index >= 15 is 0 Å². The van der Waals surface area contributed by atoms with Crippen molar-refractivity contribution >= 4 is 39.6 Å². The molecule has 2 saturated heterocycles. The summed E-state index contributed by atoms with van der Waals surface area (Å²) in [6.45, 7) is 6.41. The highest BCUT2D eigenvalue weighted by atomic mass is 79.9. The summed E-state index contributed by atoms with van der Waals surface area (Å²) in [5.41, 5.74) is -0.641. The minimum atomic E-state index is -1.39. The third-order valence-corrected chi connectivity index (χ3v) is 10.7. The van der Waals surface area contributed by atoms with Crippen molar-refractivity contribution < 1.29 is 33.8 Å². The molecule has 250 valence electrons. The lowest BCUT2D eigenvalue weighted by Crippen LogP contribution is -2.59. The average molecular weight is 701 g/mol. The van der Waals surface area contributed by atoms with Crippen LogP contribution in [0.3, 0.4) is 0 Å². The summed E-state index contributed by atoms with van der Waals surface area (Å²) in [5, 5.41) is 13.7. The minimum absolute atomic E-state index is 0.0731. The summed E-state index contributed by atoms with van der Waals surface area (Å²) in [6, 6.07) is 6.88. The first-order valence-corrected chi connectivity index (χ1v) is 17.4. The molecule has 1 aromatic rings. The lowest BCUT2D eigenvalue weighted by Gasteiger charge is -2.40. The van der Waals surface area contributed by atoms with E-state index in [1.807, 2.05) is 62.4 Å². The van der Waals surface area contributed by atoms with Crippen molar-refractivity contribution in [3.8, 4) is 0 Å². The molecule has 4 aliphatic rings. The van der Waals surface area contributed by atoms with E-state index in [-0.39, 0.29) is 43.9 Å². The van der Waals surface area contributed by atoms with Crippen molar-refractivity contribution in [2.24, 2.45) is 17.8 Å². The number of hydrogen-bond donors (Lipinski definition) is 2. The number of likely N-dealkylation sites (tertiary alicyclic amines) is 1. The maximum absolute atomic E-state index is 14.8. The molecule has 4 heterocycles. The Hall–Kier alpha value is -3.02. The molecule has 1 spiro atoms. The maximum atomic E-state index is 14.8. The second-order valence-corrected chi connectivity index (χ2v) is 13.8. The summed E-state index contributed by atoms with van der Waals surface area (Å²) < 4.78 is 12.9. The van der Waals surface area contributed by atoms with Crippen LogP contribution in [-0.4, -0.2) is 88.7 Å². The van der Waals surface area contributed by atoms with Crippen molar-refractivity contribution in [1.29, 1.82) is 0 Å². The Morgan fingerprint density at radius 2 is 1.85 bits per heavy atom. The minimum Gasteiger partial charge on any atom is -0.463 e. The lowest BCUT2D eigenvalue weighted by molar-refractivity contribution is -0.151. The van der Waals surface area contributed by atoms with Crippen LogP contribution in [0.4, 0.5) is 0 Å². The van der Waals surface area contributed by atoms with Gasteiger partial charge in [0.15, 0.2) is 0 Å². The molecule has 3 amide bonds. The van der Waals surface area contributed by atoms with Crippen LogP contribution in [0.5, 0.6) is 0 Å². The van der Waals surface area contributed by atoms with Crippen LogP contribution in [0, 0.1) is 17.8 Å². The number of cyclic esters (lactones) is 1. The largest absolute Gasteiger partial charge is 0.463 e. The molecule has 0 aromatic heterocycles. The first-order chi connectivity index (χ1) is 22.2. The van der Waals surface area contributed by atoms with E-state index in [4.69, 9.17) is 9.47 Å². The number of aliphatic hydroxyl groups excluding tert-OH is 1. The molecule has 10 nitrogen and oxygen atoms in total. The molecule has 0 radical (unpaired) electrons. The molecule has 5 rings (SSSR count). The van der Waals surface area contributed by atoms with E-state index in [1.165, 1.54) is 4.90 Å². The van der Waals surface area contributed by atoms with Gasteiger partial charge < -0.3 is 29.7 Å². The van der Waals surface area contributed by atoms with Gasteiger partial charge in [0, 0.05) is 24.0 Å². The number of esters is 1. The van der Waals surface area contributed by atoms with Crippen molar-refractivity contribution in [2.45, 2.75) is 89.1 Å². The smallest absolute Gasteiger partial charge is 0.306 e. The van der Waals surface area contributed by atoms with Gasteiger partial charge in [-0.3, -0.25) is 19.2 Å². The number of ether oxygens (including phenoxy) is 2. The van der Waals surface area contributed by atoms with Gasteiger partial charge in [-0.25, -0.2) is 0 Å². The highest BCUT2D eigenvalue weighted by Gasteiger charge is 2.75. The van der Waals surface area contributed by atoms with Gasteiger partial charge in [-0.05, 0) is 30.4 Å². The van der Waals surface area contributed by atoms with E-state index in [0.717, 1.165) is 24.8 Å². The third-order valence-electron chi connectivity index (χ3n) is 10.0. The quantitative estimate of drug-likeness (QED) is 0.227. The van der Waals surface area contributed by atoms with E-state index in [0.29, 0.717) is 23.9 Å². The molecule has 4 aliphatic heterocycles. The van der Waals surface area contributed by atoms with Crippen molar-refractivity contribution in [3.05, 3.63) is 58.6 Å². The Balaban J connectivity index is 1.61. The van der Waals surface area contributed by atoms with Gasteiger partial charge in [-0.2, -0.15) is 0 Å². The Bertz CT molecular complexity index is 1350. The number of aliphatic hydroxyl groups is 1. The van der Waals surface area contributed by atoms with Crippen LogP contribution in [0.15, 0.2) is 53.0 Å². The molecule has 8 atom stereocenters. The molecule has 0 unspecified atom stereocenters. The van der Waals surface area contributed by atoms with E-state index < -0.39 is 53.5 Å². The first-order valence-electron chi connectivity index (χ1n) is 16.6. The van der Waals surface area contributed by atoms with Crippen LogP contribution in [-0.2, 0) is 28.7 Å². The molecular formula is C35H46BrN3O7. The van der Waals surface area contributed by atoms with Gasteiger partial charge >= 0.3 is 5.97 Å². The number of nitrogens with one attached hydrogen (secondary N) is 1. The van der Waals surface area contributed by atoms with Crippen LogP contribution >= 0.6 is 15.9 Å². The predicted octanol–water partition coefficient (Wildman–Crippen LogP) is 4.04. The van der Waals surface area contributed by atoms with Crippen LogP contribution in [0.1, 0.15) is 70.9 Å². The molecule has 2 fully saturated rings. The number of allylic oxidation sites excluding steroid dienone is 1. The van der Waals surface area contributed by atoms with Gasteiger partial charge in [-0.1, -0.05) is 98.4 Å². The van der Waals surface area contributed by atoms with Gasteiger partial charge in [0.1, 0.15) is 24.4 Å². The predicted molar refractivity (Wildman–Crippen MR) is 175 cm³/mol. The normalized spacial score (nSPS) is 32.1. The Morgan fingerprint density at radius 1 is 1.09 bits per heavy atom. The number of halogens is 1. The molecule has 0 saturated carbocycles. The number of benzene rings is 1. The number of fused-ring (bicyclic) bond motifs is 2.